The van der Waals surface area contributed by atoms with Gasteiger partial charge in [-0.15, -0.1) is 11.8 Å². The molecule has 0 radical (unpaired) electrons. The highest BCUT2D eigenvalue weighted by Gasteiger charge is 2.25. The summed E-state index contributed by atoms with van der Waals surface area (Å²) in [5, 5.41) is 9.02. The summed E-state index contributed by atoms with van der Waals surface area (Å²) in [5.74, 6) is 1.48. The van der Waals surface area contributed by atoms with Crippen LogP contribution in [0.15, 0.2) is 18.2 Å². The third-order valence-corrected chi connectivity index (χ3v) is 4.64. The zero-order valence-electron chi connectivity index (χ0n) is 11.9. The third-order valence-electron chi connectivity index (χ3n) is 3.70. The Morgan fingerprint density at radius 1 is 1.33 bits per heavy atom. The number of thioether (sulfide) groups is 1. The van der Waals surface area contributed by atoms with Gasteiger partial charge in [0.2, 0.25) is 5.91 Å². The monoisotopic (exact) mass is 305 g/mol. The predicted molar refractivity (Wildman–Crippen MR) is 84.5 cm³/mol. The number of carbonyl (C=O) groups excluding carboxylic acids is 2. The van der Waals surface area contributed by atoms with E-state index in [0.717, 1.165) is 30.0 Å². The molecule has 1 unspecified atom stereocenters. The van der Waals surface area contributed by atoms with Crippen LogP contribution in [0.25, 0.3) is 0 Å². The Bertz CT molecular complexity index is 566. The molecule has 1 saturated heterocycles. The van der Waals surface area contributed by atoms with Gasteiger partial charge in [-0.25, -0.2) is 0 Å². The molecule has 0 spiro atoms. The number of hydrogen-bond donors (Lipinski definition) is 3. The van der Waals surface area contributed by atoms with E-state index in [9.17, 15) is 9.59 Å². The summed E-state index contributed by atoms with van der Waals surface area (Å²) in [7, 11) is 0. The van der Waals surface area contributed by atoms with Crippen LogP contribution in [0.1, 0.15) is 28.8 Å². The van der Waals surface area contributed by atoms with Crippen molar-refractivity contribution in [2.75, 3.05) is 16.9 Å². The summed E-state index contributed by atoms with van der Waals surface area (Å²) in [4.78, 5) is 24.2. The van der Waals surface area contributed by atoms with Gasteiger partial charge in [0.25, 0.3) is 5.91 Å². The average Bonchev–Trinajstić information content (AvgIpc) is 3.10. The molecule has 1 heterocycles. The fraction of sp³-hybridized carbons (Fsp3) is 0.467. The van der Waals surface area contributed by atoms with Crippen LogP contribution in [0.4, 0.5) is 5.69 Å². The Labute approximate surface area is 128 Å². The van der Waals surface area contributed by atoms with Gasteiger partial charge in [0.1, 0.15) is 0 Å². The molecule has 0 bridgehead atoms. The van der Waals surface area contributed by atoms with Crippen LogP contribution in [-0.4, -0.2) is 35.5 Å². The molecule has 1 aliphatic carbocycles. The number of carbonyl (C=O) groups is 2. The Morgan fingerprint density at radius 2 is 2.14 bits per heavy atom. The van der Waals surface area contributed by atoms with Crippen molar-refractivity contribution in [2.24, 2.45) is 0 Å². The van der Waals surface area contributed by atoms with E-state index in [0.29, 0.717) is 17.3 Å². The maximum absolute atomic E-state index is 12.1. The topological polar surface area (TPSA) is 70.2 Å². The van der Waals surface area contributed by atoms with Crippen molar-refractivity contribution in [3.63, 3.8) is 0 Å². The molecular weight excluding hydrogens is 286 g/mol. The van der Waals surface area contributed by atoms with Crippen LogP contribution >= 0.6 is 11.8 Å². The molecule has 1 aromatic carbocycles. The first-order valence-electron chi connectivity index (χ1n) is 7.17. The number of nitrogens with one attached hydrogen (secondary N) is 3. The summed E-state index contributed by atoms with van der Waals surface area (Å²) in [6.07, 6.45) is 2.12. The highest BCUT2D eigenvalue weighted by Crippen LogP contribution is 2.22. The number of rotatable bonds is 4. The molecule has 2 amide bonds. The van der Waals surface area contributed by atoms with Crippen LogP contribution in [-0.2, 0) is 4.79 Å². The van der Waals surface area contributed by atoms with Gasteiger partial charge < -0.3 is 10.6 Å². The Balaban J connectivity index is 1.70. The standard InChI is InChI=1S/C15H19N3O2S/c1-9-2-3-10(14(19)17-11-4-5-11)6-12(9)18-15(20)13-7-21-8-16-13/h2-3,6,11,13,16H,4-5,7-8H2,1H3,(H,17,19)(H,18,20). The summed E-state index contributed by atoms with van der Waals surface area (Å²) in [6.45, 7) is 1.93. The van der Waals surface area contributed by atoms with Crippen molar-refractivity contribution in [1.82, 2.24) is 10.6 Å². The first-order chi connectivity index (χ1) is 10.1. The summed E-state index contributed by atoms with van der Waals surface area (Å²) in [5.41, 5.74) is 2.26. The predicted octanol–water partition coefficient (Wildman–Crippen LogP) is 1.49. The largest absolute Gasteiger partial charge is 0.349 e. The zero-order valence-corrected chi connectivity index (χ0v) is 12.8. The third kappa shape index (κ3) is 3.57. The minimum atomic E-state index is -0.154. The van der Waals surface area contributed by atoms with E-state index in [1.807, 2.05) is 13.0 Å². The average molecular weight is 305 g/mol. The normalized spacial score (nSPS) is 21.1. The number of hydrogen-bond acceptors (Lipinski definition) is 4. The highest BCUT2D eigenvalue weighted by atomic mass is 32.2. The van der Waals surface area contributed by atoms with Crippen LogP contribution in [0.2, 0.25) is 0 Å². The van der Waals surface area contributed by atoms with Gasteiger partial charge >= 0.3 is 0 Å². The number of anilines is 1. The van der Waals surface area contributed by atoms with Crippen LogP contribution in [0.5, 0.6) is 0 Å². The van der Waals surface area contributed by atoms with Crippen LogP contribution in [0, 0.1) is 6.92 Å². The minimum absolute atomic E-state index is 0.0390. The molecule has 2 aliphatic rings. The van der Waals surface area contributed by atoms with Gasteiger partial charge in [0, 0.05) is 28.9 Å². The second-order valence-electron chi connectivity index (χ2n) is 5.54. The van der Waals surface area contributed by atoms with Crippen molar-refractivity contribution in [3.05, 3.63) is 29.3 Å². The van der Waals surface area contributed by atoms with Crippen molar-refractivity contribution >= 4 is 29.3 Å². The van der Waals surface area contributed by atoms with Crippen molar-refractivity contribution in [2.45, 2.75) is 31.8 Å². The molecule has 1 saturated carbocycles. The molecule has 112 valence electrons. The molecule has 1 aliphatic heterocycles. The van der Waals surface area contributed by atoms with Gasteiger partial charge in [0.05, 0.1) is 6.04 Å². The minimum Gasteiger partial charge on any atom is -0.349 e. The van der Waals surface area contributed by atoms with Crippen molar-refractivity contribution in [3.8, 4) is 0 Å². The van der Waals surface area contributed by atoms with E-state index in [4.69, 9.17) is 0 Å². The summed E-state index contributed by atoms with van der Waals surface area (Å²) in [6, 6.07) is 5.60. The SMILES string of the molecule is Cc1ccc(C(=O)NC2CC2)cc1NC(=O)C1CSCN1. The van der Waals surface area contributed by atoms with Gasteiger partial charge in [-0.05, 0) is 37.5 Å². The molecule has 3 N–H and O–H groups in total. The number of benzene rings is 1. The lowest BCUT2D eigenvalue weighted by atomic mass is 10.1. The van der Waals surface area contributed by atoms with E-state index in [-0.39, 0.29) is 17.9 Å². The zero-order chi connectivity index (χ0) is 14.8. The molecule has 21 heavy (non-hydrogen) atoms. The molecule has 5 nitrogen and oxygen atoms in total. The Hall–Kier alpha value is -1.53. The molecule has 1 atom stereocenters. The first-order valence-corrected chi connectivity index (χ1v) is 8.32. The van der Waals surface area contributed by atoms with E-state index in [1.165, 1.54) is 0 Å². The molecular formula is C15H19N3O2S. The maximum atomic E-state index is 12.1. The lowest BCUT2D eigenvalue weighted by molar-refractivity contribution is -0.117. The maximum Gasteiger partial charge on any atom is 0.251 e. The quantitative estimate of drug-likeness (QED) is 0.788. The van der Waals surface area contributed by atoms with Crippen molar-refractivity contribution in [1.29, 1.82) is 0 Å². The Kier molecular flexibility index (Phi) is 4.17. The lowest BCUT2D eigenvalue weighted by Gasteiger charge is -2.13. The van der Waals surface area contributed by atoms with Crippen LogP contribution < -0.4 is 16.0 Å². The van der Waals surface area contributed by atoms with Gasteiger partial charge in [-0.3, -0.25) is 14.9 Å². The fourth-order valence-corrected chi connectivity index (χ4v) is 3.12. The number of aryl methyl sites for hydroxylation is 1. The molecule has 3 rings (SSSR count). The van der Waals surface area contributed by atoms with Crippen LogP contribution in [0.3, 0.4) is 0 Å². The van der Waals surface area contributed by atoms with E-state index < -0.39 is 0 Å². The Morgan fingerprint density at radius 3 is 2.81 bits per heavy atom. The van der Waals surface area contributed by atoms with Gasteiger partial charge in [-0.2, -0.15) is 0 Å². The molecule has 0 aromatic heterocycles. The van der Waals surface area contributed by atoms with E-state index >= 15 is 0 Å². The lowest BCUT2D eigenvalue weighted by Crippen LogP contribution is -2.37. The molecule has 2 fully saturated rings. The fourth-order valence-electron chi connectivity index (χ4n) is 2.18. The summed E-state index contributed by atoms with van der Waals surface area (Å²) >= 11 is 1.71. The molecule has 1 aromatic rings. The van der Waals surface area contributed by atoms with Gasteiger partial charge in [0.15, 0.2) is 0 Å². The van der Waals surface area contributed by atoms with Crippen molar-refractivity contribution < 1.29 is 9.59 Å². The molecule has 6 heteroatoms. The second kappa shape index (κ2) is 6.07. The summed E-state index contributed by atoms with van der Waals surface area (Å²) < 4.78 is 0. The second-order valence-corrected chi connectivity index (χ2v) is 6.57. The van der Waals surface area contributed by atoms with E-state index in [1.54, 1.807) is 23.9 Å². The van der Waals surface area contributed by atoms with E-state index in [2.05, 4.69) is 16.0 Å². The highest BCUT2D eigenvalue weighted by molar-refractivity contribution is 7.99. The smallest absolute Gasteiger partial charge is 0.251 e. The number of amides is 2. The van der Waals surface area contributed by atoms with Gasteiger partial charge in [-0.1, -0.05) is 6.07 Å². The first kappa shape index (κ1) is 14.4.